The second-order valence-corrected chi connectivity index (χ2v) is 13.8. The van der Waals surface area contributed by atoms with Gasteiger partial charge >= 0.3 is 23.9 Å². The van der Waals surface area contributed by atoms with E-state index in [9.17, 15) is 24.3 Å². The fourth-order valence-electron chi connectivity index (χ4n) is 8.04. The van der Waals surface area contributed by atoms with Crippen LogP contribution in [0.5, 0.6) is 0 Å². The van der Waals surface area contributed by atoms with Crippen molar-refractivity contribution in [3.8, 4) is 0 Å². The Morgan fingerprint density at radius 1 is 0.841 bits per heavy atom. The fourth-order valence-corrected chi connectivity index (χ4v) is 8.04. The Labute approximate surface area is 257 Å². The SMILES string of the molecule is CC(=O)OC1CC(OC(C)=O)C2(C)OC2C2C(OC(=O)c3ccccc3)C(C)CC23OC(C(C)C3O)C(OC(C)=O)C1(C)C. The number of aliphatic hydroxyl groups excluding tert-OH is 1. The molecular formula is C33H44O11. The van der Waals surface area contributed by atoms with Crippen molar-refractivity contribution in [1.29, 1.82) is 0 Å². The van der Waals surface area contributed by atoms with Crippen LogP contribution in [-0.4, -0.2) is 82.9 Å². The molecular weight excluding hydrogens is 572 g/mol. The number of fused-ring (bicyclic) bond motifs is 3. The highest BCUT2D eigenvalue weighted by atomic mass is 16.7. The first kappa shape index (κ1) is 32.4. The normalized spacial score (nSPS) is 42.1. The van der Waals surface area contributed by atoms with Crippen molar-refractivity contribution in [3.63, 3.8) is 0 Å². The van der Waals surface area contributed by atoms with Gasteiger partial charge in [-0.25, -0.2) is 4.79 Å². The van der Waals surface area contributed by atoms with Crippen molar-refractivity contribution in [2.75, 3.05) is 0 Å². The van der Waals surface area contributed by atoms with Crippen molar-refractivity contribution in [1.82, 2.24) is 0 Å². The van der Waals surface area contributed by atoms with Crippen LogP contribution in [0.25, 0.3) is 0 Å². The Hall–Kier alpha value is -3.02. The van der Waals surface area contributed by atoms with Crippen LogP contribution in [0.1, 0.15) is 78.6 Å². The molecule has 11 nitrogen and oxygen atoms in total. The van der Waals surface area contributed by atoms with Gasteiger partial charge in [0, 0.05) is 38.5 Å². The molecule has 11 heteroatoms. The number of carbonyl (C=O) groups excluding carboxylic acids is 4. The van der Waals surface area contributed by atoms with Crippen molar-refractivity contribution in [2.24, 2.45) is 23.2 Å². The fraction of sp³-hybridized carbons (Fsp3) is 0.697. The second kappa shape index (κ2) is 11.4. The highest BCUT2D eigenvalue weighted by Gasteiger charge is 2.76. The van der Waals surface area contributed by atoms with Crippen LogP contribution in [0.15, 0.2) is 30.3 Å². The summed E-state index contributed by atoms with van der Waals surface area (Å²) in [6.07, 6.45) is -5.62. The lowest BCUT2D eigenvalue weighted by atomic mass is 9.70. The maximum Gasteiger partial charge on any atom is 0.338 e. The smallest absolute Gasteiger partial charge is 0.338 e. The molecule has 3 heterocycles. The molecule has 3 saturated heterocycles. The van der Waals surface area contributed by atoms with E-state index >= 15 is 0 Å². The Morgan fingerprint density at radius 2 is 1.43 bits per heavy atom. The van der Waals surface area contributed by atoms with Crippen LogP contribution in [0.2, 0.25) is 0 Å². The van der Waals surface area contributed by atoms with Crippen molar-refractivity contribution in [3.05, 3.63) is 35.9 Å². The quantitative estimate of drug-likeness (QED) is 0.295. The summed E-state index contributed by atoms with van der Waals surface area (Å²) in [5.74, 6) is -3.62. The number of aliphatic hydroxyl groups is 1. The van der Waals surface area contributed by atoms with E-state index in [1.54, 1.807) is 51.1 Å². The average Bonchev–Trinajstić information content (AvgIpc) is 3.46. The standard InChI is InChI=1S/C33H44O11/c1-16-15-33-24(25(16)42-30(38)21-12-10-9-11-13-21)28-32(8,44-28)23(40-19(4)35)14-22(39-18(3)34)31(6,7)29(41-20(5)36)26(43-33)17(2)27(33)37/h9-13,16-17,22-29,37H,14-15H2,1-8H3. The number of carbonyl (C=O) groups is 4. The number of hydrogen-bond acceptors (Lipinski definition) is 11. The zero-order valence-corrected chi connectivity index (χ0v) is 26.6. The molecule has 2 bridgehead atoms. The minimum atomic E-state index is -1.25. The number of ether oxygens (including phenoxy) is 6. The molecule has 12 atom stereocenters. The Bertz CT molecular complexity index is 1300. The number of hydrogen-bond donors (Lipinski definition) is 1. The van der Waals surface area contributed by atoms with Gasteiger partial charge in [0.1, 0.15) is 47.8 Å². The molecule has 0 aromatic heterocycles. The Balaban J connectivity index is 1.65. The second-order valence-electron chi connectivity index (χ2n) is 13.8. The van der Waals surface area contributed by atoms with Gasteiger partial charge in [0.2, 0.25) is 0 Å². The molecule has 0 radical (unpaired) electrons. The molecule has 3 aliphatic heterocycles. The first-order valence-corrected chi connectivity index (χ1v) is 15.3. The van der Waals surface area contributed by atoms with Crippen molar-refractivity contribution in [2.45, 2.75) is 122 Å². The van der Waals surface area contributed by atoms with Gasteiger partial charge in [0.05, 0.1) is 17.6 Å². The molecule has 1 aliphatic carbocycles. The summed E-state index contributed by atoms with van der Waals surface area (Å²) in [5.41, 5.74) is -3.02. The van der Waals surface area contributed by atoms with Gasteiger partial charge in [-0.05, 0) is 31.4 Å². The largest absolute Gasteiger partial charge is 0.462 e. The Morgan fingerprint density at radius 3 is 2.02 bits per heavy atom. The van der Waals surface area contributed by atoms with Crippen LogP contribution < -0.4 is 0 Å². The lowest BCUT2D eigenvalue weighted by Crippen LogP contribution is -2.54. The molecule has 1 aromatic carbocycles. The molecule has 4 fully saturated rings. The summed E-state index contributed by atoms with van der Waals surface area (Å²) < 4.78 is 37.2. The molecule has 4 aliphatic rings. The zero-order chi connectivity index (χ0) is 32.4. The minimum absolute atomic E-state index is 0.0460. The van der Waals surface area contributed by atoms with Crippen LogP contribution >= 0.6 is 0 Å². The first-order valence-electron chi connectivity index (χ1n) is 15.3. The average molecular weight is 617 g/mol. The highest BCUT2D eigenvalue weighted by Crippen LogP contribution is 2.62. The molecule has 12 unspecified atom stereocenters. The first-order chi connectivity index (χ1) is 20.5. The van der Waals surface area contributed by atoms with Gasteiger partial charge in [0.15, 0.2) is 0 Å². The predicted octanol–water partition coefficient (Wildman–Crippen LogP) is 3.39. The van der Waals surface area contributed by atoms with Gasteiger partial charge in [-0.3, -0.25) is 14.4 Å². The summed E-state index contributed by atoms with van der Waals surface area (Å²) in [5, 5.41) is 12.1. The van der Waals surface area contributed by atoms with Crippen LogP contribution in [-0.2, 0) is 42.8 Å². The van der Waals surface area contributed by atoms with Crippen molar-refractivity contribution < 1.29 is 52.7 Å². The summed E-state index contributed by atoms with van der Waals surface area (Å²) in [7, 11) is 0. The number of benzene rings is 1. The van der Waals surface area contributed by atoms with E-state index in [1.165, 1.54) is 20.8 Å². The van der Waals surface area contributed by atoms with E-state index in [-0.39, 0.29) is 12.3 Å². The monoisotopic (exact) mass is 616 g/mol. The lowest BCUT2D eigenvalue weighted by molar-refractivity contribution is -0.201. The molecule has 1 N–H and O–H groups in total. The van der Waals surface area contributed by atoms with Gasteiger partial charge in [0.25, 0.3) is 0 Å². The third-order valence-corrected chi connectivity index (χ3v) is 10.3. The maximum absolute atomic E-state index is 13.4. The molecule has 1 spiro atoms. The molecule has 242 valence electrons. The van der Waals surface area contributed by atoms with Gasteiger partial charge in [-0.15, -0.1) is 0 Å². The summed E-state index contributed by atoms with van der Waals surface area (Å²) in [4.78, 5) is 50.7. The number of rotatable bonds is 5. The summed E-state index contributed by atoms with van der Waals surface area (Å²) in [6.45, 7) is 13.1. The predicted molar refractivity (Wildman–Crippen MR) is 154 cm³/mol. The zero-order valence-electron chi connectivity index (χ0n) is 26.6. The maximum atomic E-state index is 13.4. The van der Waals surface area contributed by atoms with Gasteiger partial charge in [-0.1, -0.05) is 45.9 Å². The molecule has 5 rings (SSSR count). The van der Waals surface area contributed by atoms with E-state index in [0.29, 0.717) is 12.0 Å². The molecule has 44 heavy (non-hydrogen) atoms. The van der Waals surface area contributed by atoms with E-state index in [0.717, 1.165) is 0 Å². The van der Waals surface area contributed by atoms with Gasteiger partial charge < -0.3 is 33.5 Å². The summed E-state index contributed by atoms with van der Waals surface area (Å²) in [6, 6.07) is 8.65. The van der Waals surface area contributed by atoms with E-state index in [2.05, 4.69) is 0 Å². The third kappa shape index (κ3) is 5.41. The highest BCUT2D eigenvalue weighted by molar-refractivity contribution is 5.89. The van der Waals surface area contributed by atoms with Crippen LogP contribution in [0.4, 0.5) is 0 Å². The lowest BCUT2D eigenvalue weighted by Gasteiger charge is -2.43. The summed E-state index contributed by atoms with van der Waals surface area (Å²) >= 11 is 0. The molecule has 1 saturated carbocycles. The van der Waals surface area contributed by atoms with Crippen LogP contribution in [0.3, 0.4) is 0 Å². The Kier molecular flexibility index (Phi) is 8.39. The van der Waals surface area contributed by atoms with E-state index in [1.807, 2.05) is 13.8 Å². The molecule has 1 aromatic rings. The minimum Gasteiger partial charge on any atom is -0.462 e. The van der Waals surface area contributed by atoms with Gasteiger partial charge in [-0.2, -0.15) is 0 Å². The topological polar surface area (TPSA) is 147 Å². The number of esters is 4. The molecule has 0 amide bonds. The van der Waals surface area contributed by atoms with Crippen molar-refractivity contribution >= 4 is 23.9 Å². The third-order valence-electron chi connectivity index (χ3n) is 10.3. The van der Waals surface area contributed by atoms with E-state index < -0.39 is 95.1 Å². The van der Waals surface area contributed by atoms with Crippen LogP contribution in [0, 0.1) is 23.2 Å². The number of epoxide rings is 1. The van der Waals surface area contributed by atoms with E-state index in [4.69, 9.17) is 28.4 Å².